The van der Waals surface area contributed by atoms with E-state index in [1.165, 1.54) is 3.97 Å². The summed E-state index contributed by atoms with van der Waals surface area (Å²) in [4.78, 5) is 1.38. The van der Waals surface area contributed by atoms with Gasteiger partial charge in [-0.3, -0.25) is 0 Å². The summed E-state index contributed by atoms with van der Waals surface area (Å²) in [7, 11) is -3.56. The van der Waals surface area contributed by atoms with E-state index in [1.807, 2.05) is 49.6 Å². The summed E-state index contributed by atoms with van der Waals surface area (Å²) in [6.45, 7) is 1.94. The summed E-state index contributed by atoms with van der Waals surface area (Å²) < 4.78 is 26.9. The van der Waals surface area contributed by atoms with E-state index in [0.717, 1.165) is 15.8 Å². The third kappa shape index (κ3) is 2.36. The molecule has 0 N–H and O–H groups in total. The fourth-order valence-electron chi connectivity index (χ4n) is 2.33. The van der Waals surface area contributed by atoms with E-state index in [4.69, 9.17) is 0 Å². The molecule has 0 aliphatic carbocycles. The first-order chi connectivity index (χ1) is 10.0. The lowest BCUT2D eigenvalue weighted by atomic mass is 10.2. The molecule has 1 heterocycles. The van der Waals surface area contributed by atoms with E-state index in [9.17, 15) is 8.42 Å². The van der Waals surface area contributed by atoms with Crippen molar-refractivity contribution in [1.82, 2.24) is 3.97 Å². The number of hydrogen-bond acceptors (Lipinski definition) is 3. The lowest BCUT2D eigenvalue weighted by Crippen LogP contribution is -2.11. The summed E-state index contributed by atoms with van der Waals surface area (Å²) >= 11 is 1.61. The number of rotatable bonds is 3. The van der Waals surface area contributed by atoms with Crippen LogP contribution in [0.4, 0.5) is 0 Å². The number of nitrogens with zero attached hydrogens (tertiary/aromatic N) is 1. The molecule has 1 aromatic heterocycles. The van der Waals surface area contributed by atoms with Crippen LogP contribution in [0, 0.1) is 6.92 Å². The minimum absolute atomic E-state index is 0.306. The summed E-state index contributed by atoms with van der Waals surface area (Å²) in [5.41, 5.74) is 1.75. The lowest BCUT2D eigenvalue weighted by molar-refractivity contribution is 0.589. The normalized spacial score (nSPS) is 11.9. The van der Waals surface area contributed by atoms with Crippen molar-refractivity contribution < 1.29 is 8.42 Å². The molecule has 0 fully saturated rings. The summed E-state index contributed by atoms with van der Waals surface area (Å²) in [6.07, 6.45) is 3.61. The van der Waals surface area contributed by atoms with Crippen LogP contribution in [0.3, 0.4) is 0 Å². The molecule has 3 rings (SSSR count). The standard InChI is InChI=1S/C16H15NO2S2/c1-12-6-8-13(9-7-12)21(18,19)17-11-10-14-15(17)4-3-5-16(14)20-2/h3-11H,1-2H3. The summed E-state index contributed by atoms with van der Waals surface area (Å²) in [5.74, 6) is 0. The molecule has 108 valence electrons. The first-order valence-electron chi connectivity index (χ1n) is 6.50. The molecule has 0 radical (unpaired) electrons. The van der Waals surface area contributed by atoms with E-state index in [2.05, 4.69) is 0 Å². The Bertz CT molecular complexity index is 894. The highest BCUT2D eigenvalue weighted by molar-refractivity contribution is 7.98. The van der Waals surface area contributed by atoms with Gasteiger partial charge in [0.1, 0.15) is 0 Å². The van der Waals surface area contributed by atoms with Crippen LogP contribution in [0.15, 0.2) is 64.5 Å². The second kappa shape index (κ2) is 5.24. The molecule has 0 atom stereocenters. The Morgan fingerprint density at radius 2 is 1.71 bits per heavy atom. The molecule has 21 heavy (non-hydrogen) atoms. The van der Waals surface area contributed by atoms with Crippen LogP contribution in [0.25, 0.3) is 10.9 Å². The molecule has 0 saturated heterocycles. The SMILES string of the molecule is CSc1cccc2c1ccn2S(=O)(=O)c1ccc(C)cc1. The van der Waals surface area contributed by atoms with Crippen LogP contribution in [0.5, 0.6) is 0 Å². The third-order valence-corrected chi connectivity index (χ3v) is 5.95. The van der Waals surface area contributed by atoms with Crippen molar-refractivity contribution in [2.75, 3.05) is 6.26 Å². The van der Waals surface area contributed by atoms with Crippen LogP contribution in [0.2, 0.25) is 0 Å². The maximum absolute atomic E-state index is 12.8. The average Bonchev–Trinajstić information content (AvgIpc) is 2.92. The smallest absolute Gasteiger partial charge is 0.241 e. The molecular formula is C16H15NO2S2. The molecule has 0 bridgehead atoms. The Balaban J connectivity index is 2.22. The van der Waals surface area contributed by atoms with E-state index in [1.54, 1.807) is 30.1 Å². The third-order valence-electron chi connectivity index (χ3n) is 3.45. The van der Waals surface area contributed by atoms with Gasteiger partial charge >= 0.3 is 0 Å². The second-order valence-electron chi connectivity index (χ2n) is 4.82. The lowest BCUT2D eigenvalue weighted by Gasteiger charge is -2.08. The average molecular weight is 317 g/mol. The Morgan fingerprint density at radius 1 is 1.00 bits per heavy atom. The van der Waals surface area contributed by atoms with Crippen molar-refractivity contribution >= 4 is 32.7 Å². The molecule has 0 amide bonds. The van der Waals surface area contributed by atoms with Crippen molar-refractivity contribution in [3.8, 4) is 0 Å². The number of fused-ring (bicyclic) bond motifs is 1. The van der Waals surface area contributed by atoms with Gasteiger partial charge in [-0.1, -0.05) is 23.8 Å². The summed E-state index contributed by atoms with van der Waals surface area (Å²) in [6, 6.07) is 14.5. The number of aryl methyl sites for hydroxylation is 1. The van der Waals surface area contributed by atoms with E-state index >= 15 is 0 Å². The molecule has 0 unspecified atom stereocenters. The van der Waals surface area contributed by atoms with Gasteiger partial charge in [-0.05, 0) is 43.5 Å². The monoisotopic (exact) mass is 317 g/mol. The van der Waals surface area contributed by atoms with Crippen LogP contribution in [-0.4, -0.2) is 18.6 Å². The molecule has 3 nitrogen and oxygen atoms in total. The topological polar surface area (TPSA) is 39.1 Å². The van der Waals surface area contributed by atoms with Crippen LogP contribution in [-0.2, 0) is 10.0 Å². The van der Waals surface area contributed by atoms with Gasteiger partial charge in [0.2, 0.25) is 0 Å². The van der Waals surface area contributed by atoms with E-state index < -0.39 is 10.0 Å². The first kappa shape index (κ1) is 14.2. The first-order valence-corrected chi connectivity index (χ1v) is 9.17. The Hall–Kier alpha value is -1.72. The van der Waals surface area contributed by atoms with Gasteiger partial charge in [-0.2, -0.15) is 0 Å². The van der Waals surface area contributed by atoms with Gasteiger partial charge in [0, 0.05) is 16.5 Å². The van der Waals surface area contributed by atoms with Crippen molar-refractivity contribution in [1.29, 1.82) is 0 Å². The quantitative estimate of drug-likeness (QED) is 0.688. The van der Waals surface area contributed by atoms with Crippen molar-refractivity contribution in [2.24, 2.45) is 0 Å². The molecular weight excluding hydrogens is 302 g/mol. The number of thioether (sulfide) groups is 1. The van der Waals surface area contributed by atoms with Crippen LogP contribution < -0.4 is 0 Å². The Kier molecular flexibility index (Phi) is 3.55. The molecule has 0 saturated carbocycles. The van der Waals surface area contributed by atoms with Gasteiger partial charge in [-0.15, -0.1) is 11.8 Å². The second-order valence-corrected chi connectivity index (χ2v) is 7.49. The van der Waals surface area contributed by atoms with Crippen LogP contribution in [0.1, 0.15) is 5.56 Å². The minimum Gasteiger partial charge on any atom is -0.241 e. The summed E-state index contributed by atoms with van der Waals surface area (Å²) in [5, 5.41) is 0.959. The zero-order valence-electron chi connectivity index (χ0n) is 11.8. The predicted molar refractivity (Wildman–Crippen MR) is 87.5 cm³/mol. The molecule has 0 aliphatic heterocycles. The van der Waals surface area contributed by atoms with Crippen molar-refractivity contribution in [2.45, 2.75) is 16.7 Å². The highest BCUT2D eigenvalue weighted by atomic mass is 32.2. The fourth-order valence-corrected chi connectivity index (χ4v) is 4.28. The highest BCUT2D eigenvalue weighted by Gasteiger charge is 2.19. The van der Waals surface area contributed by atoms with E-state index in [0.29, 0.717) is 10.4 Å². The highest BCUT2D eigenvalue weighted by Crippen LogP contribution is 2.29. The zero-order chi connectivity index (χ0) is 15.0. The van der Waals surface area contributed by atoms with Crippen molar-refractivity contribution in [3.63, 3.8) is 0 Å². The van der Waals surface area contributed by atoms with Gasteiger partial charge in [0.25, 0.3) is 10.0 Å². The maximum Gasteiger partial charge on any atom is 0.268 e. The predicted octanol–water partition coefficient (Wildman–Crippen LogP) is 3.91. The fraction of sp³-hybridized carbons (Fsp3) is 0.125. The van der Waals surface area contributed by atoms with Gasteiger partial charge in [0.05, 0.1) is 10.4 Å². The van der Waals surface area contributed by atoms with Gasteiger partial charge in [0.15, 0.2) is 0 Å². The number of hydrogen-bond donors (Lipinski definition) is 0. The minimum atomic E-state index is -3.56. The molecule has 3 aromatic rings. The largest absolute Gasteiger partial charge is 0.268 e. The van der Waals surface area contributed by atoms with Crippen molar-refractivity contribution in [3.05, 3.63) is 60.3 Å². The Labute approximate surface area is 128 Å². The number of benzene rings is 2. The molecule has 5 heteroatoms. The van der Waals surface area contributed by atoms with E-state index in [-0.39, 0.29) is 0 Å². The Morgan fingerprint density at radius 3 is 2.38 bits per heavy atom. The van der Waals surface area contributed by atoms with Crippen LogP contribution >= 0.6 is 11.8 Å². The van der Waals surface area contributed by atoms with Gasteiger partial charge < -0.3 is 0 Å². The van der Waals surface area contributed by atoms with Gasteiger partial charge in [-0.25, -0.2) is 12.4 Å². The zero-order valence-corrected chi connectivity index (χ0v) is 13.4. The molecule has 0 spiro atoms. The molecule has 2 aromatic carbocycles. The number of aromatic nitrogens is 1. The maximum atomic E-state index is 12.8. The molecule has 0 aliphatic rings.